The van der Waals surface area contributed by atoms with Gasteiger partial charge in [0.15, 0.2) is 0 Å². The molecule has 0 saturated heterocycles. The Labute approximate surface area is 84.8 Å². The van der Waals surface area contributed by atoms with E-state index in [1.807, 2.05) is 31.2 Å². The van der Waals surface area contributed by atoms with Gasteiger partial charge < -0.3 is 0 Å². The largest absolute Gasteiger partial charge is 0.241 e. The Kier molecular flexibility index (Phi) is 2.35. The first-order valence-electron chi connectivity index (χ1n) is 4.21. The minimum absolute atomic E-state index is 0.183. The third-order valence-corrected chi connectivity index (χ3v) is 3.10. The highest BCUT2D eigenvalue weighted by Crippen LogP contribution is 2.27. The number of benzene rings is 1. The molecule has 2 rings (SSSR count). The van der Waals surface area contributed by atoms with E-state index in [0.29, 0.717) is 0 Å². The molecule has 1 atom stereocenters. The van der Waals surface area contributed by atoms with E-state index in [2.05, 4.69) is 15.0 Å². The topological polar surface area (TPSA) is 61.7 Å². The Hall–Kier alpha value is -1.58. The molecule has 2 aromatic rings. The lowest BCUT2D eigenvalue weighted by Gasteiger charge is -1.95. The minimum Gasteiger partial charge on any atom is -0.241 e. The van der Waals surface area contributed by atoms with Gasteiger partial charge in [-0.1, -0.05) is 24.2 Å². The molecule has 0 fully saturated rings. The van der Waals surface area contributed by atoms with E-state index in [4.69, 9.17) is 5.53 Å². The SMILES string of the molecule is C[C@H](N=[N+]=[N-])c1nc2ccccc2s1. The number of aromatic nitrogens is 1. The average molecular weight is 204 g/mol. The Morgan fingerprint density at radius 3 is 3.00 bits per heavy atom. The molecule has 0 bridgehead atoms. The van der Waals surface area contributed by atoms with Gasteiger partial charge in [0.25, 0.3) is 0 Å². The summed E-state index contributed by atoms with van der Waals surface area (Å²) in [5, 5.41) is 4.48. The molecule has 0 aliphatic rings. The first kappa shape index (κ1) is 8.99. The van der Waals surface area contributed by atoms with Crippen LogP contribution in [0, 0.1) is 0 Å². The predicted molar refractivity (Wildman–Crippen MR) is 57.2 cm³/mol. The van der Waals surface area contributed by atoms with Crippen LogP contribution < -0.4 is 0 Å². The second-order valence-corrected chi connectivity index (χ2v) is 3.96. The monoisotopic (exact) mass is 204 g/mol. The van der Waals surface area contributed by atoms with E-state index in [1.54, 1.807) is 11.3 Å². The Bertz CT molecular complexity index is 465. The second-order valence-electron chi connectivity index (χ2n) is 2.90. The van der Waals surface area contributed by atoms with Crippen molar-refractivity contribution in [2.75, 3.05) is 0 Å². The van der Waals surface area contributed by atoms with Gasteiger partial charge in [-0.2, -0.15) is 0 Å². The molecule has 0 radical (unpaired) electrons. The molecule has 70 valence electrons. The molecule has 0 saturated carbocycles. The quantitative estimate of drug-likeness (QED) is 0.418. The maximum Gasteiger partial charge on any atom is 0.102 e. The van der Waals surface area contributed by atoms with Crippen LogP contribution in [0.5, 0.6) is 0 Å². The lowest BCUT2D eigenvalue weighted by atomic mass is 10.3. The smallest absolute Gasteiger partial charge is 0.102 e. The third-order valence-electron chi connectivity index (χ3n) is 1.89. The van der Waals surface area contributed by atoms with Crippen molar-refractivity contribution in [2.45, 2.75) is 13.0 Å². The highest BCUT2D eigenvalue weighted by Gasteiger charge is 2.08. The highest BCUT2D eigenvalue weighted by molar-refractivity contribution is 7.18. The maximum absolute atomic E-state index is 8.31. The molecule has 4 nitrogen and oxygen atoms in total. The van der Waals surface area contributed by atoms with E-state index in [9.17, 15) is 0 Å². The van der Waals surface area contributed by atoms with Crippen LogP contribution >= 0.6 is 11.3 Å². The fraction of sp³-hybridized carbons (Fsp3) is 0.222. The van der Waals surface area contributed by atoms with Crippen LogP contribution in [0.2, 0.25) is 0 Å². The van der Waals surface area contributed by atoms with Crippen LogP contribution in [0.3, 0.4) is 0 Å². The van der Waals surface area contributed by atoms with Crippen molar-refractivity contribution in [3.63, 3.8) is 0 Å². The van der Waals surface area contributed by atoms with Gasteiger partial charge in [0.05, 0.1) is 16.3 Å². The van der Waals surface area contributed by atoms with E-state index in [-0.39, 0.29) is 6.04 Å². The third kappa shape index (κ3) is 1.55. The van der Waals surface area contributed by atoms with Crippen molar-refractivity contribution in [2.24, 2.45) is 5.11 Å². The number of rotatable bonds is 2. The van der Waals surface area contributed by atoms with Crippen LogP contribution in [0.4, 0.5) is 0 Å². The first-order valence-corrected chi connectivity index (χ1v) is 5.02. The van der Waals surface area contributed by atoms with Crippen molar-refractivity contribution in [1.82, 2.24) is 4.98 Å². The van der Waals surface area contributed by atoms with Crippen LogP contribution in [-0.4, -0.2) is 4.98 Å². The lowest BCUT2D eigenvalue weighted by molar-refractivity contribution is 0.800. The van der Waals surface area contributed by atoms with Gasteiger partial charge >= 0.3 is 0 Å². The normalized spacial score (nSPS) is 12.4. The van der Waals surface area contributed by atoms with Gasteiger partial charge in [0.2, 0.25) is 0 Å². The number of azide groups is 1. The van der Waals surface area contributed by atoms with Gasteiger partial charge in [0.1, 0.15) is 5.01 Å². The molecule has 1 heterocycles. The zero-order valence-electron chi connectivity index (χ0n) is 7.58. The maximum atomic E-state index is 8.31. The van der Waals surface area contributed by atoms with Gasteiger partial charge in [-0.05, 0) is 17.7 Å². The summed E-state index contributed by atoms with van der Waals surface area (Å²) >= 11 is 1.57. The molecule has 1 aromatic heterocycles. The van der Waals surface area contributed by atoms with Crippen molar-refractivity contribution in [1.29, 1.82) is 0 Å². The summed E-state index contributed by atoms with van der Waals surface area (Å²) in [6.45, 7) is 1.84. The van der Waals surface area contributed by atoms with Crippen molar-refractivity contribution in [3.8, 4) is 0 Å². The Morgan fingerprint density at radius 1 is 1.50 bits per heavy atom. The molecular formula is C9H8N4S. The van der Waals surface area contributed by atoms with Crippen LogP contribution in [-0.2, 0) is 0 Å². The standard InChI is InChI=1S/C9H8N4S/c1-6(12-13-10)9-11-7-4-2-3-5-8(7)14-9/h2-6H,1H3/t6-/m0/s1. The van der Waals surface area contributed by atoms with E-state index >= 15 is 0 Å². The van der Waals surface area contributed by atoms with E-state index < -0.39 is 0 Å². The van der Waals surface area contributed by atoms with E-state index in [1.165, 1.54) is 0 Å². The van der Waals surface area contributed by atoms with Crippen molar-refractivity contribution >= 4 is 21.6 Å². The molecule has 1 aromatic carbocycles. The van der Waals surface area contributed by atoms with Gasteiger partial charge in [-0.25, -0.2) is 4.98 Å². The zero-order valence-corrected chi connectivity index (χ0v) is 8.40. The molecule has 0 aliphatic heterocycles. The fourth-order valence-electron chi connectivity index (χ4n) is 1.20. The number of hydrogen-bond donors (Lipinski definition) is 0. The number of thiazole rings is 1. The summed E-state index contributed by atoms with van der Waals surface area (Å²) in [6.07, 6.45) is 0. The molecule has 0 aliphatic carbocycles. The minimum atomic E-state index is -0.183. The highest BCUT2D eigenvalue weighted by atomic mass is 32.1. The van der Waals surface area contributed by atoms with Crippen molar-refractivity contribution in [3.05, 3.63) is 39.7 Å². The average Bonchev–Trinajstić information content (AvgIpc) is 2.61. The Balaban J connectivity index is 2.49. The second kappa shape index (κ2) is 3.65. The Morgan fingerprint density at radius 2 is 2.29 bits per heavy atom. The molecule has 0 spiro atoms. The molecule has 5 heteroatoms. The number of para-hydroxylation sites is 1. The molecule has 0 N–H and O–H groups in total. The van der Waals surface area contributed by atoms with Gasteiger partial charge in [0, 0.05) is 4.91 Å². The fourth-order valence-corrected chi connectivity index (χ4v) is 2.15. The van der Waals surface area contributed by atoms with Crippen LogP contribution in [0.25, 0.3) is 20.7 Å². The number of nitrogens with zero attached hydrogens (tertiary/aromatic N) is 4. The molecule has 14 heavy (non-hydrogen) atoms. The van der Waals surface area contributed by atoms with Crippen molar-refractivity contribution < 1.29 is 0 Å². The number of fused-ring (bicyclic) bond motifs is 1. The van der Waals surface area contributed by atoms with Crippen LogP contribution in [0.15, 0.2) is 29.4 Å². The summed E-state index contributed by atoms with van der Waals surface area (Å²) in [4.78, 5) is 7.16. The van der Waals surface area contributed by atoms with Gasteiger partial charge in [-0.3, -0.25) is 0 Å². The summed E-state index contributed by atoms with van der Waals surface area (Å²) < 4.78 is 1.13. The van der Waals surface area contributed by atoms with Gasteiger partial charge in [-0.15, -0.1) is 11.3 Å². The zero-order chi connectivity index (χ0) is 9.97. The summed E-state index contributed by atoms with van der Waals surface area (Å²) in [5.74, 6) is 0. The van der Waals surface area contributed by atoms with Crippen LogP contribution in [0.1, 0.15) is 18.0 Å². The summed E-state index contributed by atoms with van der Waals surface area (Å²) in [6, 6.07) is 7.71. The molecule has 0 amide bonds. The summed E-state index contributed by atoms with van der Waals surface area (Å²) in [5.41, 5.74) is 9.27. The molecule has 0 unspecified atom stereocenters. The van der Waals surface area contributed by atoms with E-state index in [0.717, 1.165) is 15.2 Å². The summed E-state index contributed by atoms with van der Waals surface area (Å²) in [7, 11) is 0. The predicted octanol–water partition coefficient (Wildman–Crippen LogP) is 3.67. The number of hydrogen-bond acceptors (Lipinski definition) is 3. The lowest BCUT2D eigenvalue weighted by Crippen LogP contribution is -1.84. The first-order chi connectivity index (χ1) is 6.81. The molecular weight excluding hydrogens is 196 g/mol.